The van der Waals surface area contributed by atoms with Crippen LogP contribution in [-0.4, -0.2) is 11.1 Å². The van der Waals surface area contributed by atoms with Gasteiger partial charge >= 0.3 is 0 Å². The number of aryl methyl sites for hydroxylation is 1. The van der Waals surface area contributed by atoms with E-state index in [4.69, 9.17) is 4.74 Å². The van der Waals surface area contributed by atoms with E-state index in [0.29, 0.717) is 11.8 Å². The summed E-state index contributed by atoms with van der Waals surface area (Å²) in [6, 6.07) is 14.2. The van der Waals surface area contributed by atoms with Crippen molar-refractivity contribution in [3.8, 4) is 11.5 Å². The van der Waals surface area contributed by atoms with Crippen molar-refractivity contribution in [1.82, 2.24) is 5.32 Å². The van der Waals surface area contributed by atoms with Gasteiger partial charge in [0.1, 0.15) is 11.5 Å². The Balaban J connectivity index is 2.20. The second-order valence-corrected chi connectivity index (χ2v) is 5.50. The lowest BCUT2D eigenvalue weighted by atomic mass is 10.1. The molecule has 2 rings (SSSR count). The Morgan fingerprint density at radius 1 is 1.10 bits per heavy atom. The van der Waals surface area contributed by atoms with Gasteiger partial charge < -0.3 is 15.2 Å². The topological polar surface area (TPSA) is 41.5 Å². The van der Waals surface area contributed by atoms with Crippen molar-refractivity contribution < 1.29 is 9.84 Å². The third-order valence-corrected chi connectivity index (χ3v) is 3.33. The summed E-state index contributed by atoms with van der Waals surface area (Å²) in [7, 11) is 0. The average Bonchev–Trinajstić information content (AvgIpc) is 2.48. The molecule has 2 aromatic carbocycles. The van der Waals surface area contributed by atoms with E-state index in [2.05, 4.69) is 37.4 Å². The lowest BCUT2D eigenvalue weighted by Gasteiger charge is -2.14. The van der Waals surface area contributed by atoms with Gasteiger partial charge in [0.05, 0.1) is 6.61 Å². The van der Waals surface area contributed by atoms with Crippen molar-refractivity contribution in [3.05, 3.63) is 59.2 Å². The fourth-order valence-corrected chi connectivity index (χ4v) is 2.04. The Morgan fingerprint density at radius 2 is 1.86 bits per heavy atom. The second kappa shape index (κ2) is 7.25. The first-order valence-electron chi connectivity index (χ1n) is 7.29. The van der Waals surface area contributed by atoms with E-state index in [1.807, 2.05) is 31.2 Å². The summed E-state index contributed by atoms with van der Waals surface area (Å²) in [6.07, 6.45) is 0. The summed E-state index contributed by atoms with van der Waals surface area (Å²) >= 11 is 0. The van der Waals surface area contributed by atoms with Gasteiger partial charge in [-0.05, 0) is 30.2 Å². The quantitative estimate of drug-likeness (QED) is 0.848. The Morgan fingerprint density at radius 3 is 2.57 bits per heavy atom. The van der Waals surface area contributed by atoms with Crippen molar-refractivity contribution in [2.24, 2.45) is 0 Å². The van der Waals surface area contributed by atoms with Crippen LogP contribution in [0.1, 0.15) is 30.5 Å². The fraction of sp³-hybridized carbons (Fsp3) is 0.333. The highest BCUT2D eigenvalue weighted by Gasteiger charge is 2.07. The summed E-state index contributed by atoms with van der Waals surface area (Å²) in [6.45, 7) is 7.07. The molecule has 112 valence electrons. The van der Waals surface area contributed by atoms with E-state index in [1.54, 1.807) is 0 Å². The van der Waals surface area contributed by atoms with Crippen molar-refractivity contribution in [1.29, 1.82) is 0 Å². The van der Waals surface area contributed by atoms with Crippen LogP contribution < -0.4 is 10.1 Å². The number of nitrogens with one attached hydrogen (secondary N) is 1. The summed E-state index contributed by atoms with van der Waals surface area (Å²) < 4.78 is 5.99. The predicted octanol–water partition coefficient (Wildman–Crippen LogP) is 3.78. The lowest BCUT2D eigenvalue weighted by molar-refractivity contribution is 0.276. The maximum absolute atomic E-state index is 9.38. The third-order valence-electron chi connectivity index (χ3n) is 3.33. The highest BCUT2D eigenvalue weighted by atomic mass is 16.5. The van der Waals surface area contributed by atoms with Crippen LogP contribution in [0.5, 0.6) is 11.5 Å². The smallest absolute Gasteiger partial charge is 0.132 e. The molecule has 0 amide bonds. The number of hydrogen-bond donors (Lipinski definition) is 2. The van der Waals surface area contributed by atoms with E-state index >= 15 is 0 Å². The molecule has 21 heavy (non-hydrogen) atoms. The standard InChI is InChI=1S/C18H23NO2/c1-13(2)19-11-15-9-8-14(3)18(10-15)21-17-7-5-4-6-16(17)12-20/h4-10,13,19-20H,11-12H2,1-3H3. The molecule has 0 saturated carbocycles. The molecule has 0 saturated heterocycles. The summed E-state index contributed by atoms with van der Waals surface area (Å²) in [5.41, 5.74) is 3.06. The maximum atomic E-state index is 9.38. The van der Waals surface area contributed by atoms with Gasteiger partial charge in [-0.15, -0.1) is 0 Å². The van der Waals surface area contributed by atoms with Gasteiger partial charge in [-0.2, -0.15) is 0 Å². The molecule has 0 fully saturated rings. The van der Waals surface area contributed by atoms with E-state index in [9.17, 15) is 5.11 Å². The second-order valence-electron chi connectivity index (χ2n) is 5.50. The van der Waals surface area contributed by atoms with E-state index in [-0.39, 0.29) is 6.61 Å². The minimum atomic E-state index is -0.0240. The molecule has 2 N–H and O–H groups in total. The van der Waals surface area contributed by atoms with Crippen molar-refractivity contribution in [3.63, 3.8) is 0 Å². The first-order chi connectivity index (χ1) is 10.1. The molecular weight excluding hydrogens is 262 g/mol. The van der Waals surface area contributed by atoms with Crippen LogP contribution in [0.2, 0.25) is 0 Å². The van der Waals surface area contributed by atoms with Gasteiger partial charge in [0.15, 0.2) is 0 Å². The minimum Gasteiger partial charge on any atom is -0.457 e. The lowest BCUT2D eigenvalue weighted by Crippen LogP contribution is -2.21. The van der Waals surface area contributed by atoms with Crippen LogP contribution in [0.25, 0.3) is 0 Å². The number of ether oxygens (including phenoxy) is 1. The van der Waals surface area contributed by atoms with Gasteiger partial charge in [0, 0.05) is 18.2 Å². The zero-order valence-electron chi connectivity index (χ0n) is 12.9. The molecule has 0 aliphatic carbocycles. The summed E-state index contributed by atoms with van der Waals surface area (Å²) in [5.74, 6) is 1.54. The highest BCUT2D eigenvalue weighted by Crippen LogP contribution is 2.28. The van der Waals surface area contributed by atoms with Crippen molar-refractivity contribution >= 4 is 0 Å². The fourth-order valence-electron chi connectivity index (χ4n) is 2.04. The van der Waals surface area contributed by atoms with E-state index in [0.717, 1.165) is 23.4 Å². The van der Waals surface area contributed by atoms with Crippen molar-refractivity contribution in [2.75, 3.05) is 0 Å². The number of rotatable bonds is 6. The van der Waals surface area contributed by atoms with Gasteiger partial charge in [-0.3, -0.25) is 0 Å². The zero-order valence-corrected chi connectivity index (χ0v) is 12.9. The zero-order chi connectivity index (χ0) is 15.2. The van der Waals surface area contributed by atoms with Crippen molar-refractivity contribution in [2.45, 2.75) is 40.0 Å². The number of hydrogen-bond acceptors (Lipinski definition) is 3. The maximum Gasteiger partial charge on any atom is 0.132 e. The Hall–Kier alpha value is -1.84. The van der Waals surface area contributed by atoms with Crippen LogP contribution in [0.3, 0.4) is 0 Å². The van der Waals surface area contributed by atoms with Gasteiger partial charge in [-0.1, -0.05) is 44.2 Å². The molecule has 0 aliphatic heterocycles. The molecular formula is C18H23NO2. The number of para-hydroxylation sites is 1. The van der Waals surface area contributed by atoms with Gasteiger partial charge in [0.25, 0.3) is 0 Å². The molecule has 0 heterocycles. The molecule has 0 aliphatic rings. The normalized spacial score (nSPS) is 10.9. The minimum absolute atomic E-state index is 0.0240. The summed E-state index contributed by atoms with van der Waals surface area (Å²) in [4.78, 5) is 0. The molecule has 0 radical (unpaired) electrons. The Kier molecular flexibility index (Phi) is 5.37. The molecule has 3 nitrogen and oxygen atoms in total. The molecule has 3 heteroatoms. The Bertz CT molecular complexity index is 594. The van der Waals surface area contributed by atoms with Crippen LogP contribution in [-0.2, 0) is 13.2 Å². The van der Waals surface area contributed by atoms with Crippen LogP contribution in [0, 0.1) is 6.92 Å². The highest BCUT2D eigenvalue weighted by molar-refractivity contribution is 5.42. The number of benzene rings is 2. The van der Waals surface area contributed by atoms with E-state index in [1.165, 1.54) is 5.56 Å². The molecule has 0 aromatic heterocycles. The number of aliphatic hydroxyl groups is 1. The molecule has 0 unspecified atom stereocenters. The predicted molar refractivity (Wildman–Crippen MR) is 85.6 cm³/mol. The first kappa shape index (κ1) is 15.5. The monoisotopic (exact) mass is 285 g/mol. The Labute approximate surface area is 126 Å². The average molecular weight is 285 g/mol. The molecule has 0 bridgehead atoms. The molecule has 2 aromatic rings. The van der Waals surface area contributed by atoms with Gasteiger partial charge in [-0.25, -0.2) is 0 Å². The largest absolute Gasteiger partial charge is 0.457 e. The third kappa shape index (κ3) is 4.31. The molecule has 0 atom stereocenters. The van der Waals surface area contributed by atoms with Crippen LogP contribution in [0.15, 0.2) is 42.5 Å². The first-order valence-corrected chi connectivity index (χ1v) is 7.29. The molecule has 0 spiro atoms. The number of aliphatic hydroxyl groups excluding tert-OH is 1. The van der Waals surface area contributed by atoms with E-state index < -0.39 is 0 Å². The van der Waals surface area contributed by atoms with Gasteiger partial charge in [0.2, 0.25) is 0 Å². The summed E-state index contributed by atoms with van der Waals surface area (Å²) in [5, 5.41) is 12.8. The SMILES string of the molecule is Cc1ccc(CNC(C)C)cc1Oc1ccccc1CO. The van der Waals surface area contributed by atoms with Crippen LogP contribution in [0.4, 0.5) is 0 Å². The van der Waals surface area contributed by atoms with Crippen LogP contribution >= 0.6 is 0 Å².